The number of ether oxygens (including phenoxy) is 3. The van der Waals surface area contributed by atoms with Crippen molar-refractivity contribution in [3.63, 3.8) is 0 Å². The Bertz CT molecular complexity index is 892. The Morgan fingerprint density at radius 2 is 2.14 bits per heavy atom. The van der Waals surface area contributed by atoms with Crippen LogP contribution in [-0.2, 0) is 24.3 Å². The highest BCUT2D eigenvalue weighted by Crippen LogP contribution is 2.37. The summed E-state index contributed by atoms with van der Waals surface area (Å²) in [6.07, 6.45) is 3.87. The van der Waals surface area contributed by atoms with Gasteiger partial charge in [-0.05, 0) is 38.3 Å². The van der Waals surface area contributed by atoms with E-state index in [4.69, 9.17) is 19.3 Å². The lowest BCUT2D eigenvalue weighted by atomic mass is 9.94. The summed E-state index contributed by atoms with van der Waals surface area (Å²) < 4.78 is 18.6. The fourth-order valence-electron chi connectivity index (χ4n) is 4.45. The number of fused-ring (bicyclic) bond motifs is 1. The minimum atomic E-state index is -0.0358. The third kappa shape index (κ3) is 3.59. The van der Waals surface area contributed by atoms with Crippen molar-refractivity contribution in [1.29, 1.82) is 0 Å². The van der Waals surface area contributed by atoms with Gasteiger partial charge >= 0.3 is 0 Å². The van der Waals surface area contributed by atoms with Crippen LogP contribution in [0.1, 0.15) is 59.5 Å². The minimum absolute atomic E-state index is 0.0225. The summed E-state index contributed by atoms with van der Waals surface area (Å²) in [7, 11) is 3.18. The zero-order valence-corrected chi connectivity index (χ0v) is 17.4. The summed E-state index contributed by atoms with van der Waals surface area (Å²) in [5.74, 6) is 1.18. The van der Waals surface area contributed by atoms with E-state index in [0.29, 0.717) is 30.2 Å². The first-order valence-electron chi connectivity index (χ1n) is 10.4. The van der Waals surface area contributed by atoms with Crippen molar-refractivity contribution in [2.75, 3.05) is 27.4 Å². The molecule has 0 aliphatic carbocycles. The molecule has 1 aromatic carbocycles. The molecule has 0 spiro atoms. The van der Waals surface area contributed by atoms with E-state index in [2.05, 4.69) is 11.6 Å². The maximum Gasteiger partial charge on any atom is 0.258 e. The minimum Gasteiger partial charge on any atom is -0.497 e. The smallest absolute Gasteiger partial charge is 0.258 e. The summed E-state index contributed by atoms with van der Waals surface area (Å²) in [5.41, 5.74) is 3.99. The molecular weight excluding hydrogens is 370 g/mol. The molecule has 156 valence electrons. The van der Waals surface area contributed by atoms with E-state index in [0.717, 1.165) is 44.5 Å². The van der Waals surface area contributed by atoms with Crippen LogP contribution in [0.4, 0.5) is 0 Å². The van der Waals surface area contributed by atoms with Crippen LogP contribution in [0.15, 0.2) is 18.2 Å². The number of aromatic nitrogens is 2. The highest BCUT2D eigenvalue weighted by molar-refractivity contribution is 5.97. The predicted molar refractivity (Wildman–Crippen MR) is 108 cm³/mol. The van der Waals surface area contributed by atoms with Crippen LogP contribution in [0.25, 0.3) is 0 Å². The average Bonchev–Trinajstić information content (AvgIpc) is 3.17. The second-order valence-corrected chi connectivity index (χ2v) is 7.51. The van der Waals surface area contributed by atoms with Gasteiger partial charge in [-0.2, -0.15) is 5.10 Å². The number of carbonyl (C=O) groups excluding carboxylic acids is 1. The number of methoxy groups -OCH3 is 2. The van der Waals surface area contributed by atoms with E-state index < -0.39 is 0 Å². The maximum atomic E-state index is 13.5. The first kappa shape index (κ1) is 19.8. The Morgan fingerprint density at radius 1 is 1.28 bits per heavy atom. The lowest BCUT2D eigenvalue weighted by Gasteiger charge is -2.36. The van der Waals surface area contributed by atoms with Crippen molar-refractivity contribution < 1.29 is 19.0 Å². The molecule has 1 unspecified atom stereocenters. The van der Waals surface area contributed by atoms with Gasteiger partial charge in [0.05, 0.1) is 44.7 Å². The van der Waals surface area contributed by atoms with Crippen molar-refractivity contribution in [1.82, 2.24) is 14.7 Å². The molecule has 1 saturated heterocycles. The molecule has 3 heterocycles. The quantitative estimate of drug-likeness (QED) is 0.771. The second-order valence-electron chi connectivity index (χ2n) is 7.51. The fourth-order valence-corrected chi connectivity index (χ4v) is 4.45. The molecule has 2 aliphatic heterocycles. The number of piperidine rings is 1. The normalized spacial score (nSPS) is 19.0. The Kier molecular flexibility index (Phi) is 5.76. The highest BCUT2D eigenvalue weighted by atomic mass is 16.5. The molecule has 2 aliphatic rings. The number of rotatable bonds is 5. The molecule has 1 aromatic heterocycles. The van der Waals surface area contributed by atoms with Crippen LogP contribution in [0.3, 0.4) is 0 Å². The van der Waals surface area contributed by atoms with Crippen molar-refractivity contribution in [3.05, 3.63) is 40.7 Å². The number of aryl methyl sites for hydroxylation is 1. The van der Waals surface area contributed by atoms with Gasteiger partial charge in [0, 0.05) is 36.8 Å². The lowest BCUT2D eigenvalue weighted by Crippen LogP contribution is -2.39. The summed E-state index contributed by atoms with van der Waals surface area (Å²) >= 11 is 0. The number of carbonyl (C=O) groups is 1. The molecule has 1 atom stereocenters. The summed E-state index contributed by atoms with van der Waals surface area (Å²) in [4.78, 5) is 15.5. The third-order valence-corrected chi connectivity index (χ3v) is 5.95. The lowest BCUT2D eigenvalue weighted by molar-refractivity contribution is 0.0593. The van der Waals surface area contributed by atoms with E-state index in [9.17, 15) is 4.79 Å². The standard InChI is InChI=1S/C22H29N3O4/c1-4-25-18-10-12-29-14-17(18)21(23-25)19-7-5-6-11-24(19)22(26)16-9-8-15(27-2)13-20(16)28-3/h8-9,13,19H,4-7,10-12,14H2,1-3H3. The van der Waals surface area contributed by atoms with Gasteiger partial charge in [0.15, 0.2) is 0 Å². The average molecular weight is 399 g/mol. The third-order valence-electron chi connectivity index (χ3n) is 5.95. The molecule has 0 radical (unpaired) electrons. The van der Waals surface area contributed by atoms with Gasteiger partial charge in [0.25, 0.3) is 5.91 Å². The number of nitrogens with zero attached hydrogens (tertiary/aromatic N) is 3. The molecule has 1 fully saturated rings. The van der Waals surface area contributed by atoms with E-state index in [1.807, 2.05) is 4.90 Å². The summed E-state index contributed by atoms with van der Waals surface area (Å²) in [6, 6.07) is 5.31. The van der Waals surface area contributed by atoms with Gasteiger partial charge in [0.2, 0.25) is 0 Å². The van der Waals surface area contributed by atoms with Crippen molar-refractivity contribution in [2.45, 2.75) is 51.8 Å². The number of likely N-dealkylation sites (tertiary alicyclic amines) is 1. The van der Waals surface area contributed by atoms with Gasteiger partial charge < -0.3 is 19.1 Å². The first-order valence-corrected chi connectivity index (χ1v) is 10.4. The van der Waals surface area contributed by atoms with Crippen LogP contribution in [0, 0.1) is 0 Å². The van der Waals surface area contributed by atoms with Crippen molar-refractivity contribution in [3.8, 4) is 11.5 Å². The number of benzene rings is 1. The van der Waals surface area contributed by atoms with Crippen LogP contribution >= 0.6 is 0 Å². The zero-order valence-electron chi connectivity index (χ0n) is 17.4. The SMILES string of the molecule is CCn1nc(C2CCCCN2C(=O)c2ccc(OC)cc2OC)c2c1CCOC2. The zero-order chi connectivity index (χ0) is 20.4. The highest BCUT2D eigenvalue weighted by Gasteiger charge is 2.35. The largest absolute Gasteiger partial charge is 0.497 e. The molecule has 7 heteroatoms. The van der Waals surface area contributed by atoms with E-state index in [1.165, 1.54) is 11.3 Å². The predicted octanol–water partition coefficient (Wildman–Crippen LogP) is 3.36. The second kappa shape index (κ2) is 8.45. The number of hydrogen-bond donors (Lipinski definition) is 0. The Labute approximate surface area is 171 Å². The Balaban J connectivity index is 1.70. The molecule has 29 heavy (non-hydrogen) atoms. The molecule has 2 aromatic rings. The van der Waals surface area contributed by atoms with E-state index in [1.54, 1.807) is 32.4 Å². The van der Waals surface area contributed by atoms with Gasteiger partial charge in [0.1, 0.15) is 11.5 Å². The number of amides is 1. The summed E-state index contributed by atoms with van der Waals surface area (Å²) in [6.45, 7) is 4.96. The Hall–Kier alpha value is -2.54. The molecule has 0 bridgehead atoms. The van der Waals surface area contributed by atoms with Crippen molar-refractivity contribution in [2.24, 2.45) is 0 Å². The number of hydrogen-bond acceptors (Lipinski definition) is 5. The molecule has 4 rings (SSSR count). The van der Waals surface area contributed by atoms with Crippen LogP contribution in [0.5, 0.6) is 11.5 Å². The van der Waals surface area contributed by atoms with Crippen molar-refractivity contribution >= 4 is 5.91 Å². The maximum absolute atomic E-state index is 13.5. The molecule has 0 N–H and O–H groups in total. The van der Waals surface area contributed by atoms with Crippen LogP contribution in [-0.4, -0.2) is 48.0 Å². The molecule has 0 saturated carbocycles. The van der Waals surface area contributed by atoms with Crippen LogP contribution < -0.4 is 9.47 Å². The van der Waals surface area contributed by atoms with Gasteiger partial charge in [-0.25, -0.2) is 0 Å². The molecule has 1 amide bonds. The molecular formula is C22H29N3O4. The fraction of sp³-hybridized carbons (Fsp3) is 0.545. The Morgan fingerprint density at radius 3 is 2.90 bits per heavy atom. The van der Waals surface area contributed by atoms with E-state index in [-0.39, 0.29) is 11.9 Å². The van der Waals surface area contributed by atoms with Gasteiger partial charge in [-0.15, -0.1) is 0 Å². The van der Waals surface area contributed by atoms with Crippen LogP contribution in [0.2, 0.25) is 0 Å². The topological polar surface area (TPSA) is 65.8 Å². The molecule has 7 nitrogen and oxygen atoms in total. The van der Waals surface area contributed by atoms with E-state index >= 15 is 0 Å². The summed E-state index contributed by atoms with van der Waals surface area (Å²) in [5, 5.41) is 4.92. The van der Waals surface area contributed by atoms with Gasteiger partial charge in [-0.3, -0.25) is 9.48 Å². The monoisotopic (exact) mass is 399 g/mol. The first-order chi connectivity index (χ1) is 14.2. The van der Waals surface area contributed by atoms with Gasteiger partial charge in [-0.1, -0.05) is 0 Å².